The lowest BCUT2D eigenvalue weighted by Gasteiger charge is -2.14. The maximum Gasteiger partial charge on any atom is 0.224 e. The van der Waals surface area contributed by atoms with Gasteiger partial charge in [0.2, 0.25) is 5.95 Å². The minimum atomic E-state index is -0.309. The van der Waals surface area contributed by atoms with Crippen molar-refractivity contribution >= 4 is 34.6 Å². The summed E-state index contributed by atoms with van der Waals surface area (Å²) in [6.07, 6.45) is 5.16. The number of pyridine rings is 2. The SMILES string of the molecule is CNc1ncc2cc(-c3cc(NSc4cccnc4)c(F)cc3C)c(C)nc2n1. The minimum absolute atomic E-state index is 0.309. The van der Waals surface area contributed by atoms with Gasteiger partial charge in [-0.05, 0) is 67.3 Å². The van der Waals surface area contributed by atoms with Crippen molar-refractivity contribution in [3.8, 4) is 11.1 Å². The fraction of sp³-hybridized carbons (Fsp3) is 0.143. The van der Waals surface area contributed by atoms with Crippen LogP contribution in [-0.4, -0.2) is 27.0 Å². The molecule has 146 valence electrons. The van der Waals surface area contributed by atoms with Crippen molar-refractivity contribution in [3.05, 3.63) is 66.0 Å². The maximum absolute atomic E-state index is 14.6. The molecule has 4 rings (SSSR count). The third-order valence-electron chi connectivity index (χ3n) is 4.50. The van der Waals surface area contributed by atoms with Gasteiger partial charge in [0.25, 0.3) is 0 Å². The van der Waals surface area contributed by atoms with Crippen molar-refractivity contribution < 1.29 is 4.39 Å². The van der Waals surface area contributed by atoms with E-state index in [4.69, 9.17) is 0 Å². The van der Waals surface area contributed by atoms with E-state index in [1.54, 1.807) is 25.6 Å². The Balaban J connectivity index is 1.73. The lowest BCUT2D eigenvalue weighted by atomic mass is 9.98. The van der Waals surface area contributed by atoms with Gasteiger partial charge in [-0.1, -0.05) is 0 Å². The molecule has 0 aliphatic rings. The summed E-state index contributed by atoms with van der Waals surface area (Å²) >= 11 is 1.31. The fourth-order valence-electron chi connectivity index (χ4n) is 3.01. The van der Waals surface area contributed by atoms with E-state index < -0.39 is 0 Å². The third-order valence-corrected chi connectivity index (χ3v) is 5.30. The zero-order valence-electron chi connectivity index (χ0n) is 16.2. The molecule has 29 heavy (non-hydrogen) atoms. The topological polar surface area (TPSA) is 75.6 Å². The second-order valence-corrected chi connectivity index (χ2v) is 7.40. The van der Waals surface area contributed by atoms with Gasteiger partial charge in [0, 0.05) is 47.2 Å². The predicted octanol–water partition coefficient (Wildman–Crippen LogP) is 5.00. The number of nitrogens with zero attached hydrogens (tertiary/aromatic N) is 4. The van der Waals surface area contributed by atoms with E-state index in [0.29, 0.717) is 17.3 Å². The Morgan fingerprint density at radius 1 is 1.03 bits per heavy atom. The Morgan fingerprint density at radius 3 is 2.66 bits per heavy atom. The van der Waals surface area contributed by atoms with E-state index in [1.165, 1.54) is 18.0 Å². The van der Waals surface area contributed by atoms with Crippen LogP contribution < -0.4 is 10.0 Å². The summed E-state index contributed by atoms with van der Waals surface area (Å²) in [4.78, 5) is 18.3. The molecule has 3 heterocycles. The molecular weight excluding hydrogens is 387 g/mol. The first-order chi connectivity index (χ1) is 14.0. The van der Waals surface area contributed by atoms with Crippen LogP contribution in [0, 0.1) is 19.7 Å². The Labute approximate surface area is 172 Å². The highest BCUT2D eigenvalue weighted by Crippen LogP contribution is 2.33. The molecule has 0 aliphatic carbocycles. The number of aryl methyl sites for hydroxylation is 2. The highest BCUT2D eigenvalue weighted by molar-refractivity contribution is 8.00. The Kier molecular flexibility index (Phi) is 5.26. The molecular formula is C21H19FN6S. The lowest BCUT2D eigenvalue weighted by molar-refractivity contribution is 0.631. The van der Waals surface area contributed by atoms with Gasteiger partial charge in [-0.3, -0.25) is 4.98 Å². The molecule has 0 spiro atoms. The van der Waals surface area contributed by atoms with Crippen LogP contribution in [0.15, 0.2) is 53.8 Å². The van der Waals surface area contributed by atoms with E-state index in [2.05, 4.69) is 30.0 Å². The number of hydrogen-bond donors (Lipinski definition) is 2. The molecule has 0 fully saturated rings. The van der Waals surface area contributed by atoms with Crippen molar-refractivity contribution in [2.24, 2.45) is 0 Å². The van der Waals surface area contributed by atoms with Crippen LogP contribution in [0.25, 0.3) is 22.2 Å². The second kappa shape index (κ2) is 8.00. The van der Waals surface area contributed by atoms with Crippen LogP contribution in [0.1, 0.15) is 11.3 Å². The number of halogens is 1. The van der Waals surface area contributed by atoms with Gasteiger partial charge in [-0.25, -0.2) is 14.4 Å². The first-order valence-corrected chi connectivity index (χ1v) is 9.82. The van der Waals surface area contributed by atoms with Gasteiger partial charge in [0.15, 0.2) is 5.65 Å². The van der Waals surface area contributed by atoms with Crippen LogP contribution in [0.3, 0.4) is 0 Å². The number of nitrogens with one attached hydrogen (secondary N) is 2. The summed E-state index contributed by atoms with van der Waals surface area (Å²) < 4.78 is 17.6. The average Bonchev–Trinajstić information content (AvgIpc) is 2.73. The molecule has 0 unspecified atom stereocenters. The normalized spacial score (nSPS) is 10.9. The molecule has 1 aromatic carbocycles. The number of rotatable bonds is 5. The standard InChI is InChI=1S/C21H19FN6S/c1-12-7-18(22)19(28-29-15-5-4-6-24-11-15)9-16(12)17-8-14-10-25-21(23-3)27-20(14)26-13(17)2/h4-11,28H,1-3H3,(H,23,25,26,27). The summed E-state index contributed by atoms with van der Waals surface area (Å²) in [5.41, 5.74) is 4.50. The van der Waals surface area contributed by atoms with Gasteiger partial charge in [0.1, 0.15) is 5.82 Å². The van der Waals surface area contributed by atoms with E-state index in [0.717, 1.165) is 32.7 Å². The van der Waals surface area contributed by atoms with Crippen molar-refractivity contribution in [2.75, 3.05) is 17.1 Å². The Morgan fingerprint density at radius 2 is 1.90 bits per heavy atom. The zero-order valence-corrected chi connectivity index (χ0v) is 17.0. The maximum atomic E-state index is 14.6. The molecule has 0 saturated carbocycles. The van der Waals surface area contributed by atoms with Crippen molar-refractivity contribution in [2.45, 2.75) is 18.7 Å². The van der Waals surface area contributed by atoms with Crippen LogP contribution in [-0.2, 0) is 0 Å². The second-order valence-electron chi connectivity index (χ2n) is 6.52. The Hall–Kier alpha value is -3.26. The van der Waals surface area contributed by atoms with Crippen LogP contribution in [0.5, 0.6) is 0 Å². The highest BCUT2D eigenvalue weighted by atomic mass is 32.2. The molecule has 6 nitrogen and oxygen atoms in total. The van der Waals surface area contributed by atoms with Crippen LogP contribution in [0.4, 0.5) is 16.0 Å². The summed E-state index contributed by atoms with van der Waals surface area (Å²) in [5.74, 6) is 0.213. The molecule has 0 bridgehead atoms. The monoisotopic (exact) mass is 406 g/mol. The van der Waals surface area contributed by atoms with E-state index in [9.17, 15) is 4.39 Å². The summed E-state index contributed by atoms with van der Waals surface area (Å²) in [5, 5.41) is 3.74. The number of anilines is 2. The van der Waals surface area contributed by atoms with E-state index >= 15 is 0 Å². The molecule has 0 aliphatic heterocycles. The first kappa shape index (κ1) is 19.1. The quantitative estimate of drug-likeness (QED) is 0.452. The van der Waals surface area contributed by atoms with Crippen molar-refractivity contribution in [1.82, 2.24) is 19.9 Å². The summed E-state index contributed by atoms with van der Waals surface area (Å²) in [6.45, 7) is 3.82. The van der Waals surface area contributed by atoms with Gasteiger partial charge >= 0.3 is 0 Å². The van der Waals surface area contributed by atoms with Gasteiger partial charge in [-0.15, -0.1) is 0 Å². The minimum Gasteiger partial charge on any atom is -0.357 e. The Bertz CT molecular complexity index is 1180. The van der Waals surface area contributed by atoms with Crippen molar-refractivity contribution in [3.63, 3.8) is 0 Å². The van der Waals surface area contributed by atoms with Gasteiger partial charge in [-0.2, -0.15) is 4.98 Å². The fourth-order valence-corrected chi connectivity index (χ4v) is 3.65. The number of hydrogen-bond acceptors (Lipinski definition) is 7. The molecule has 2 N–H and O–H groups in total. The number of benzene rings is 1. The molecule has 0 amide bonds. The largest absolute Gasteiger partial charge is 0.357 e. The molecule has 0 radical (unpaired) electrons. The molecule has 0 atom stereocenters. The van der Waals surface area contributed by atoms with Gasteiger partial charge in [0.05, 0.1) is 5.69 Å². The smallest absolute Gasteiger partial charge is 0.224 e. The van der Waals surface area contributed by atoms with E-state index in [1.807, 2.05) is 38.1 Å². The zero-order chi connectivity index (χ0) is 20.4. The third kappa shape index (κ3) is 3.97. The first-order valence-electron chi connectivity index (χ1n) is 9.00. The predicted molar refractivity (Wildman–Crippen MR) is 115 cm³/mol. The van der Waals surface area contributed by atoms with Gasteiger partial charge < -0.3 is 10.0 Å². The van der Waals surface area contributed by atoms with Crippen LogP contribution >= 0.6 is 11.9 Å². The van der Waals surface area contributed by atoms with E-state index in [-0.39, 0.29) is 5.82 Å². The molecule has 8 heteroatoms. The molecule has 4 aromatic rings. The number of aromatic nitrogens is 4. The van der Waals surface area contributed by atoms with Crippen LogP contribution in [0.2, 0.25) is 0 Å². The summed E-state index contributed by atoms with van der Waals surface area (Å²) in [6, 6.07) is 9.09. The average molecular weight is 406 g/mol. The molecule has 3 aromatic heterocycles. The lowest BCUT2D eigenvalue weighted by Crippen LogP contribution is -2.00. The van der Waals surface area contributed by atoms with Crippen molar-refractivity contribution in [1.29, 1.82) is 0 Å². The summed E-state index contributed by atoms with van der Waals surface area (Å²) in [7, 11) is 1.77. The number of fused-ring (bicyclic) bond motifs is 1. The highest BCUT2D eigenvalue weighted by Gasteiger charge is 2.14. The molecule has 0 saturated heterocycles.